The Kier molecular flexibility index (Phi) is 3.79. The summed E-state index contributed by atoms with van der Waals surface area (Å²) >= 11 is 0. The second-order valence-corrected chi connectivity index (χ2v) is 5.69. The van der Waals surface area contributed by atoms with Gasteiger partial charge in [-0.3, -0.25) is 0 Å². The minimum Gasteiger partial charge on any atom is -0.381 e. The highest BCUT2D eigenvalue weighted by molar-refractivity contribution is 5.50. The Bertz CT molecular complexity index is 430. The molecule has 0 radical (unpaired) electrons. The smallest absolute Gasteiger partial charge is 0.0513 e. The number of rotatable bonds is 2. The highest BCUT2D eigenvalue weighted by Crippen LogP contribution is 2.35. The van der Waals surface area contributed by atoms with Crippen LogP contribution in [0.3, 0.4) is 0 Å². The van der Waals surface area contributed by atoms with Gasteiger partial charge in [0.1, 0.15) is 0 Å². The van der Waals surface area contributed by atoms with E-state index in [0.717, 1.165) is 19.6 Å². The van der Waals surface area contributed by atoms with Crippen LogP contribution in [0.15, 0.2) is 0 Å². The first-order valence-corrected chi connectivity index (χ1v) is 6.85. The van der Waals surface area contributed by atoms with Crippen molar-refractivity contribution >= 4 is 0 Å². The molecule has 100 valence electrons. The quantitative estimate of drug-likeness (QED) is 0.870. The summed E-state index contributed by atoms with van der Waals surface area (Å²) in [6, 6.07) is 0.116. The first-order valence-electron chi connectivity index (χ1n) is 6.85. The van der Waals surface area contributed by atoms with E-state index in [1.807, 2.05) is 0 Å². The highest BCUT2D eigenvalue weighted by Gasteiger charge is 2.27. The lowest BCUT2D eigenvalue weighted by atomic mass is 9.82. The Morgan fingerprint density at radius 1 is 0.944 bits per heavy atom. The lowest BCUT2D eigenvalue weighted by molar-refractivity contribution is 0.181. The lowest BCUT2D eigenvalue weighted by Gasteiger charge is -2.26. The molecular weight excluding hydrogens is 222 g/mol. The molecule has 0 aromatic heterocycles. The van der Waals surface area contributed by atoms with E-state index in [0.29, 0.717) is 5.92 Å². The normalized spacial score (nSPS) is 21.3. The van der Waals surface area contributed by atoms with E-state index >= 15 is 0 Å². The molecule has 2 rings (SSSR count). The Labute approximate surface area is 111 Å². The van der Waals surface area contributed by atoms with E-state index in [9.17, 15) is 0 Å². The maximum Gasteiger partial charge on any atom is 0.0513 e. The molecule has 2 heteroatoms. The van der Waals surface area contributed by atoms with Crippen LogP contribution in [0.4, 0.5) is 0 Å². The summed E-state index contributed by atoms with van der Waals surface area (Å²) in [4.78, 5) is 0. The second kappa shape index (κ2) is 5.02. The van der Waals surface area contributed by atoms with Gasteiger partial charge in [0.25, 0.3) is 0 Å². The van der Waals surface area contributed by atoms with E-state index in [-0.39, 0.29) is 6.04 Å². The fourth-order valence-corrected chi connectivity index (χ4v) is 3.10. The van der Waals surface area contributed by atoms with Crippen molar-refractivity contribution in [3.8, 4) is 0 Å². The predicted octanol–water partition coefficient (Wildman–Crippen LogP) is 3.27. The van der Waals surface area contributed by atoms with Crippen LogP contribution < -0.4 is 5.73 Å². The van der Waals surface area contributed by atoms with Gasteiger partial charge in [-0.15, -0.1) is 0 Å². The van der Waals surface area contributed by atoms with Gasteiger partial charge in [-0.2, -0.15) is 0 Å². The van der Waals surface area contributed by atoms with E-state index < -0.39 is 0 Å². The third-order valence-corrected chi connectivity index (χ3v) is 4.86. The molecule has 1 heterocycles. The van der Waals surface area contributed by atoms with E-state index in [4.69, 9.17) is 10.5 Å². The SMILES string of the molecule is Cc1c(C)c(C)c(C(N)C2CCOC2)c(C)c1C. The molecule has 0 aliphatic carbocycles. The number of ether oxygens (including phenoxy) is 1. The first kappa shape index (κ1) is 13.6. The fraction of sp³-hybridized carbons (Fsp3) is 0.625. The van der Waals surface area contributed by atoms with Crippen LogP contribution in [0.1, 0.15) is 45.8 Å². The summed E-state index contributed by atoms with van der Waals surface area (Å²) in [5, 5.41) is 0. The zero-order valence-corrected chi connectivity index (χ0v) is 12.3. The fourth-order valence-electron chi connectivity index (χ4n) is 3.10. The average Bonchev–Trinajstić information content (AvgIpc) is 2.88. The molecule has 0 saturated carbocycles. The zero-order valence-electron chi connectivity index (χ0n) is 12.3. The van der Waals surface area contributed by atoms with Gasteiger partial charge >= 0.3 is 0 Å². The summed E-state index contributed by atoms with van der Waals surface area (Å²) in [6.45, 7) is 12.7. The standard InChI is InChI=1S/C16H25NO/c1-9-10(2)12(4)15(13(5)11(9)3)16(17)14-6-7-18-8-14/h14,16H,6-8,17H2,1-5H3. The maximum absolute atomic E-state index is 6.51. The Balaban J connectivity index is 2.49. The number of hydrogen-bond acceptors (Lipinski definition) is 2. The third-order valence-electron chi connectivity index (χ3n) is 4.86. The molecule has 1 aromatic carbocycles. The van der Waals surface area contributed by atoms with Gasteiger partial charge in [0.05, 0.1) is 6.61 Å². The molecule has 2 atom stereocenters. The molecule has 1 fully saturated rings. The van der Waals surface area contributed by atoms with Gasteiger partial charge in [0.15, 0.2) is 0 Å². The summed E-state index contributed by atoms with van der Waals surface area (Å²) in [7, 11) is 0. The van der Waals surface area contributed by atoms with Crippen molar-refractivity contribution in [3.05, 3.63) is 33.4 Å². The predicted molar refractivity (Wildman–Crippen MR) is 76.0 cm³/mol. The van der Waals surface area contributed by atoms with Gasteiger partial charge in [0, 0.05) is 18.6 Å². The molecule has 1 aliphatic heterocycles. The topological polar surface area (TPSA) is 35.2 Å². The van der Waals surface area contributed by atoms with Gasteiger partial charge in [-0.25, -0.2) is 0 Å². The number of benzene rings is 1. The molecule has 0 bridgehead atoms. The number of hydrogen-bond donors (Lipinski definition) is 1. The van der Waals surface area contributed by atoms with Crippen LogP contribution in [0.25, 0.3) is 0 Å². The van der Waals surface area contributed by atoms with Crippen molar-refractivity contribution < 1.29 is 4.74 Å². The Morgan fingerprint density at radius 3 is 1.89 bits per heavy atom. The van der Waals surface area contributed by atoms with Crippen LogP contribution in [0, 0.1) is 40.5 Å². The Hall–Kier alpha value is -0.860. The molecule has 0 spiro atoms. The van der Waals surface area contributed by atoms with E-state index in [2.05, 4.69) is 34.6 Å². The minimum atomic E-state index is 0.116. The molecule has 1 aliphatic rings. The molecular formula is C16H25NO. The van der Waals surface area contributed by atoms with Crippen LogP contribution in [0.5, 0.6) is 0 Å². The molecule has 2 N–H and O–H groups in total. The van der Waals surface area contributed by atoms with Crippen LogP contribution >= 0.6 is 0 Å². The van der Waals surface area contributed by atoms with Crippen molar-refractivity contribution in [1.29, 1.82) is 0 Å². The first-order chi connectivity index (χ1) is 8.45. The zero-order chi connectivity index (χ0) is 13.4. The van der Waals surface area contributed by atoms with Crippen LogP contribution in [-0.2, 0) is 4.74 Å². The summed E-state index contributed by atoms with van der Waals surface area (Å²) in [5.41, 5.74) is 14.8. The summed E-state index contributed by atoms with van der Waals surface area (Å²) in [6.07, 6.45) is 1.09. The molecule has 1 aromatic rings. The van der Waals surface area contributed by atoms with E-state index in [1.54, 1.807) is 0 Å². The lowest BCUT2D eigenvalue weighted by Crippen LogP contribution is -2.24. The monoisotopic (exact) mass is 247 g/mol. The largest absolute Gasteiger partial charge is 0.381 e. The van der Waals surface area contributed by atoms with Crippen molar-refractivity contribution in [2.24, 2.45) is 11.7 Å². The molecule has 1 saturated heterocycles. The molecule has 18 heavy (non-hydrogen) atoms. The van der Waals surface area contributed by atoms with Crippen LogP contribution in [-0.4, -0.2) is 13.2 Å². The van der Waals surface area contributed by atoms with Crippen LogP contribution in [0.2, 0.25) is 0 Å². The van der Waals surface area contributed by atoms with Gasteiger partial charge in [-0.1, -0.05) is 0 Å². The van der Waals surface area contributed by atoms with Gasteiger partial charge < -0.3 is 10.5 Å². The summed E-state index contributed by atoms with van der Waals surface area (Å²) < 4.78 is 5.48. The van der Waals surface area contributed by atoms with E-state index in [1.165, 1.54) is 33.4 Å². The average molecular weight is 247 g/mol. The third kappa shape index (κ3) is 2.08. The summed E-state index contributed by atoms with van der Waals surface area (Å²) in [5.74, 6) is 0.476. The van der Waals surface area contributed by atoms with Crippen molar-refractivity contribution in [2.45, 2.75) is 47.1 Å². The highest BCUT2D eigenvalue weighted by atomic mass is 16.5. The minimum absolute atomic E-state index is 0.116. The molecule has 0 amide bonds. The second-order valence-electron chi connectivity index (χ2n) is 5.69. The number of nitrogens with two attached hydrogens (primary N) is 1. The Morgan fingerprint density at radius 2 is 1.44 bits per heavy atom. The van der Waals surface area contributed by atoms with Crippen molar-refractivity contribution in [3.63, 3.8) is 0 Å². The maximum atomic E-state index is 6.51. The van der Waals surface area contributed by atoms with Crippen molar-refractivity contribution in [2.75, 3.05) is 13.2 Å². The molecule has 2 nitrogen and oxygen atoms in total. The van der Waals surface area contributed by atoms with Crippen molar-refractivity contribution in [1.82, 2.24) is 0 Å². The molecule has 2 unspecified atom stereocenters. The van der Waals surface area contributed by atoms with Gasteiger partial charge in [-0.05, 0) is 74.4 Å². The van der Waals surface area contributed by atoms with Gasteiger partial charge in [0.2, 0.25) is 0 Å².